The molecular weight excluding hydrogens is 270 g/mol. The molecule has 2 aromatic heterocycles. The Kier molecular flexibility index (Phi) is 3.02. The number of nitro groups is 1. The van der Waals surface area contributed by atoms with Gasteiger partial charge in [0.15, 0.2) is 5.82 Å². The lowest BCUT2D eigenvalue weighted by molar-refractivity contribution is -0.384. The molecule has 0 saturated heterocycles. The van der Waals surface area contributed by atoms with Crippen LogP contribution in [0.3, 0.4) is 0 Å². The molecule has 7 heteroatoms. The zero-order chi connectivity index (χ0) is 15.0. The molecular formula is C14H12N5O2. The van der Waals surface area contributed by atoms with Gasteiger partial charge in [-0.15, -0.1) is 0 Å². The first kappa shape index (κ1) is 13.0. The van der Waals surface area contributed by atoms with Crippen molar-refractivity contribution in [1.29, 1.82) is 0 Å². The second-order valence-corrected chi connectivity index (χ2v) is 4.52. The summed E-state index contributed by atoms with van der Waals surface area (Å²) in [7, 11) is 0. The van der Waals surface area contributed by atoms with E-state index in [1.807, 2.05) is 6.20 Å². The summed E-state index contributed by atoms with van der Waals surface area (Å²) >= 11 is 0. The molecule has 0 aliphatic carbocycles. The average molecular weight is 282 g/mol. The Hall–Kier alpha value is -2.96. The van der Waals surface area contributed by atoms with Crippen molar-refractivity contribution in [3.8, 4) is 11.1 Å². The summed E-state index contributed by atoms with van der Waals surface area (Å²) < 4.78 is 1.65. The lowest BCUT2D eigenvalue weighted by Crippen LogP contribution is -1.98. The van der Waals surface area contributed by atoms with Crippen molar-refractivity contribution >= 4 is 17.0 Å². The predicted molar refractivity (Wildman–Crippen MR) is 78.6 cm³/mol. The Balaban J connectivity index is 2.25. The lowest BCUT2D eigenvalue weighted by atomic mass is 10.0. The highest BCUT2D eigenvalue weighted by molar-refractivity contribution is 5.90. The van der Waals surface area contributed by atoms with Gasteiger partial charge in [-0.25, -0.2) is 9.50 Å². The van der Waals surface area contributed by atoms with Crippen molar-refractivity contribution in [2.45, 2.75) is 6.42 Å². The van der Waals surface area contributed by atoms with Crippen molar-refractivity contribution in [1.82, 2.24) is 14.6 Å². The number of nitrogens with zero attached hydrogens (tertiary/aromatic N) is 4. The Morgan fingerprint density at radius 3 is 2.67 bits per heavy atom. The highest BCUT2D eigenvalue weighted by Gasteiger charge is 2.16. The predicted octanol–water partition coefficient (Wildman–Crippen LogP) is 2.26. The van der Waals surface area contributed by atoms with Crippen molar-refractivity contribution < 1.29 is 4.92 Å². The van der Waals surface area contributed by atoms with Crippen LogP contribution in [0.15, 0.2) is 36.8 Å². The van der Waals surface area contributed by atoms with Gasteiger partial charge in [0, 0.05) is 23.9 Å². The second kappa shape index (κ2) is 4.86. The van der Waals surface area contributed by atoms with Crippen molar-refractivity contribution in [3.05, 3.63) is 59.4 Å². The molecule has 0 spiro atoms. The molecule has 21 heavy (non-hydrogen) atoms. The number of nitrogens with two attached hydrogens (primary N) is 1. The maximum atomic E-state index is 10.7. The van der Waals surface area contributed by atoms with Crippen LogP contribution in [0.5, 0.6) is 0 Å². The largest absolute Gasteiger partial charge is 0.382 e. The first-order valence-electron chi connectivity index (χ1n) is 6.26. The highest BCUT2D eigenvalue weighted by Crippen LogP contribution is 2.33. The van der Waals surface area contributed by atoms with E-state index in [1.165, 1.54) is 18.5 Å². The third-order valence-corrected chi connectivity index (χ3v) is 3.32. The van der Waals surface area contributed by atoms with Gasteiger partial charge in [-0.2, -0.15) is 5.10 Å². The number of hydrogen-bond acceptors (Lipinski definition) is 5. The fraction of sp³-hybridized carbons (Fsp3) is 0.0714. The molecule has 0 amide bonds. The number of hydrogen-bond donors (Lipinski definition) is 1. The smallest absolute Gasteiger partial charge is 0.269 e. The van der Waals surface area contributed by atoms with Crippen LogP contribution in [0.2, 0.25) is 0 Å². The van der Waals surface area contributed by atoms with E-state index in [9.17, 15) is 10.1 Å². The minimum absolute atomic E-state index is 0.0441. The minimum Gasteiger partial charge on any atom is -0.382 e. The number of benzene rings is 1. The zero-order valence-corrected chi connectivity index (χ0v) is 11.1. The fourth-order valence-electron chi connectivity index (χ4n) is 2.35. The molecule has 2 N–H and O–H groups in total. The molecule has 7 nitrogen and oxygen atoms in total. The summed E-state index contributed by atoms with van der Waals surface area (Å²) in [4.78, 5) is 14.3. The van der Waals surface area contributed by atoms with E-state index in [1.54, 1.807) is 16.6 Å². The summed E-state index contributed by atoms with van der Waals surface area (Å²) in [5.74, 6) is 0.359. The fourth-order valence-corrected chi connectivity index (χ4v) is 2.35. The normalized spacial score (nSPS) is 10.9. The molecule has 0 fully saturated rings. The molecule has 0 atom stereocenters. The van der Waals surface area contributed by atoms with E-state index in [4.69, 9.17) is 5.73 Å². The third kappa shape index (κ3) is 2.08. The Labute approximate surface area is 120 Å². The quantitative estimate of drug-likeness (QED) is 0.586. The van der Waals surface area contributed by atoms with Crippen molar-refractivity contribution in [2.24, 2.45) is 0 Å². The molecule has 105 valence electrons. The van der Waals surface area contributed by atoms with Gasteiger partial charge < -0.3 is 5.73 Å². The number of aromatic nitrogens is 3. The van der Waals surface area contributed by atoms with E-state index in [-0.39, 0.29) is 5.69 Å². The van der Waals surface area contributed by atoms with E-state index in [0.29, 0.717) is 17.8 Å². The highest BCUT2D eigenvalue weighted by atomic mass is 16.6. The van der Waals surface area contributed by atoms with Crippen LogP contribution in [0, 0.1) is 17.0 Å². The third-order valence-electron chi connectivity index (χ3n) is 3.32. The minimum atomic E-state index is -0.429. The number of non-ortho nitro benzene ring substituents is 1. The first-order valence-corrected chi connectivity index (χ1v) is 6.26. The standard InChI is InChI=1S/C14H12N5O2/c1-2-9-7-18-13(14(15)16-8-17-18)12(9)10-3-5-11(6-4-10)19(20)21/h3-8H,1-2H2,(H2,15,16,17). The van der Waals surface area contributed by atoms with Crippen LogP contribution < -0.4 is 5.73 Å². The molecule has 0 aliphatic heterocycles. The SMILES string of the molecule is [CH2]Cc1cn2ncnc(N)c2c1-c1ccc([N+](=O)[O-])cc1. The number of anilines is 1. The summed E-state index contributed by atoms with van der Waals surface area (Å²) in [6.07, 6.45) is 3.78. The van der Waals surface area contributed by atoms with Gasteiger partial charge in [-0.1, -0.05) is 0 Å². The molecule has 0 unspecified atom stereocenters. The van der Waals surface area contributed by atoms with Gasteiger partial charge in [0.1, 0.15) is 11.8 Å². The Bertz CT molecular complexity index is 823. The molecule has 3 rings (SSSR count). The summed E-state index contributed by atoms with van der Waals surface area (Å²) in [6.45, 7) is 3.90. The van der Waals surface area contributed by atoms with Gasteiger partial charge in [0.25, 0.3) is 5.69 Å². The molecule has 0 bridgehead atoms. The second-order valence-electron chi connectivity index (χ2n) is 4.52. The maximum Gasteiger partial charge on any atom is 0.269 e. The van der Waals surface area contributed by atoms with Gasteiger partial charge >= 0.3 is 0 Å². The first-order chi connectivity index (χ1) is 10.1. The Morgan fingerprint density at radius 1 is 1.33 bits per heavy atom. The summed E-state index contributed by atoms with van der Waals surface area (Å²) in [5.41, 5.74) is 9.31. The number of rotatable bonds is 3. The number of fused-ring (bicyclic) bond motifs is 1. The molecule has 0 saturated carbocycles. The molecule has 3 aromatic rings. The van der Waals surface area contributed by atoms with Crippen LogP contribution in [0.1, 0.15) is 5.56 Å². The molecule has 1 aromatic carbocycles. The summed E-state index contributed by atoms with van der Waals surface area (Å²) in [6, 6.07) is 6.31. The van der Waals surface area contributed by atoms with Crippen molar-refractivity contribution in [3.63, 3.8) is 0 Å². The summed E-state index contributed by atoms with van der Waals surface area (Å²) in [5, 5.41) is 14.9. The van der Waals surface area contributed by atoms with Crippen LogP contribution in [0.25, 0.3) is 16.6 Å². The van der Waals surface area contributed by atoms with Gasteiger partial charge in [-0.05, 0) is 36.6 Å². The van der Waals surface area contributed by atoms with E-state index in [0.717, 1.165) is 16.7 Å². The number of nitro benzene ring substituents is 1. The molecule has 2 heterocycles. The van der Waals surface area contributed by atoms with Crippen molar-refractivity contribution in [2.75, 3.05) is 5.73 Å². The van der Waals surface area contributed by atoms with E-state index >= 15 is 0 Å². The molecule has 0 aliphatic rings. The monoisotopic (exact) mass is 282 g/mol. The van der Waals surface area contributed by atoms with Crippen LogP contribution in [-0.2, 0) is 6.42 Å². The van der Waals surface area contributed by atoms with E-state index < -0.39 is 4.92 Å². The Morgan fingerprint density at radius 2 is 2.05 bits per heavy atom. The van der Waals surface area contributed by atoms with Gasteiger partial charge in [0.05, 0.1) is 4.92 Å². The lowest BCUT2D eigenvalue weighted by Gasteiger charge is -2.04. The topological polar surface area (TPSA) is 99.3 Å². The zero-order valence-electron chi connectivity index (χ0n) is 11.1. The van der Waals surface area contributed by atoms with Crippen LogP contribution in [-0.4, -0.2) is 19.5 Å². The van der Waals surface area contributed by atoms with Gasteiger partial charge in [-0.3, -0.25) is 10.1 Å². The van der Waals surface area contributed by atoms with Crippen LogP contribution in [0.4, 0.5) is 11.5 Å². The van der Waals surface area contributed by atoms with Gasteiger partial charge in [0.2, 0.25) is 0 Å². The van der Waals surface area contributed by atoms with E-state index in [2.05, 4.69) is 17.0 Å². The number of nitrogen functional groups attached to an aromatic ring is 1. The maximum absolute atomic E-state index is 10.7. The molecule has 1 radical (unpaired) electrons. The average Bonchev–Trinajstić information content (AvgIpc) is 2.87. The van der Waals surface area contributed by atoms with Crippen LogP contribution >= 0.6 is 0 Å².